The lowest BCUT2D eigenvalue weighted by Gasteiger charge is -2.23. The van der Waals surface area contributed by atoms with Crippen LogP contribution in [0.1, 0.15) is 23.7 Å². The number of anilines is 1. The molecule has 0 spiro atoms. The van der Waals surface area contributed by atoms with E-state index in [9.17, 15) is 33.4 Å². The number of nitrogens with one attached hydrogen (secondary N) is 1. The van der Waals surface area contributed by atoms with Gasteiger partial charge in [0, 0.05) is 32.3 Å². The number of rotatable bonds is 12. The van der Waals surface area contributed by atoms with Gasteiger partial charge in [-0.15, -0.1) is 0 Å². The van der Waals surface area contributed by atoms with Crippen LogP contribution in [0.3, 0.4) is 0 Å². The smallest absolute Gasteiger partial charge is 0.312 e. The van der Waals surface area contributed by atoms with Crippen LogP contribution in [0.15, 0.2) is 12.1 Å². The summed E-state index contributed by atoms with van der Waals surface area (Å²) in [4.78, 5) is 35.1. The highest BCUT2D eigenvalue weighted by Gasteiger charge is 2.35. The highest BCUT2D eigenvalue weighted by Crippen LogP contribution is 2.37. The standard InChI is InChI=1S/C15H22N4O9S/c1-3-17(8-10-28-29(2,26)27)12-6-5-11(18(22)23)13(14(12)19(24)25)15(21)16-7-4-9-20/h5-6,20H,3-4,7-10H2,1-2H3,(H,16,21). The summed E-state index contributed by atoms with van der Waals surface area (Å²) in [5.41, 5.74) is -2.34. The first-order chi connectivity index (χ1) is 13.5. The molecule has 0 aromatic heterocycles. The molecule has 29 heavy (non-hydrogen) atoms. The number of hydrogen-bond donors (Lipinski definition) is 2. The van der Waals surface area contributed by atoms with Crippen molar-refractivity contribution in [1.82, 2.24) is 5.32 Å². The number of carbonyl (C=O) groups is 1. The molecular weight excluding hydrogens is 412 g/mol. The summed E-state index contributed by atoms with van der Waals surface area (Å²) >= 11 is 0. The molecule has 0 heterocycles. The van der Waals surface area contributed by atoms with Crippen LogP contribution in [0.25, 0.3) is 0 Å². The van der Waals surface area contributed by atoms with Crippen LogP contribution in [0.5, 0.6) is 0 Å². The summed E-state index contributed by atoms with van der Waals surface area (Å²) in [6.07, 6.45) is 1.02. The third kappa shape index (κ3) is 6.92. The molecule has 14 heteroatoms. The minimum absolute atomic E-state index is 0.0342. The van der Waals surface area contributed by atoms with E-state index in [4.69, 9.17) is 5.11 Å². The Bertz CT molecular complexity index is 873. The van der Waals surface area contributed by atoms with Crippen LogP contribution in [-0.2, 0) is 14.3 Å². The maximum Gasteiger partial charge on any atom is 0.312 e. The van der Waals surface area contributed by atoms with Crippen LogP contribution in [-0.4, -0.2) is 68.4 Å². The highest BCUT2D eigenvalue weighted by molar-refractivity contribution is 7.85. The molecule has 1 amide bonds. The first-order valence-corrected chi connectivity index (χ1v) is 10.3. The third-order valence-electron chi connectivity index (χ3n) is 3.74. The van der Waals surface area contributed by atoms with Gasteiger partial charge in [0.15, 0.2) is 5.56 Å². The summed E-state index contributed by atoms with van der Waals surface area (Å²) in [5, 5.41) is 34.1. The Labute approximate surface area is 166 Å². The average Bonchev–Trinajstić information content (AvgIpc) is 2.63. The van der Waals surface area contributed by atoms with Gasteiger partial charge < -0.3 is 15.3 Å². The number of nitro benzene ring substituents is 2. The van der Waals surface area contributed by atoms with Crippen LogP contribution in [0.2, 0.25) is 0 Å². The van der Waals surface area contributed by atoms with E-state index in [1.54, 1.807) is 6.92 Å². The number of amides is 1. The number of hydrogen-bond acceptors (Lipinski definition) is 10. The minimum Gasteiger partial charge on any atom is -0.396 e. The predicted molar refractivity (Wildman–Crippen MR) is 102 cm³/mol. The molecule has 0 aliphatic carbocycles. The van der Waals surface area contributed by atoms with Crippen molar-refractivity contribution in [2.24, 2.45) is 0 Å². The molecule has 1 aromatic carbocycles. The van der Waals surface area contributed by atoms with Crippen molar-refractivity contribution in [1.29, 1.82) is 0 Å². The van der Waals surface area contributed by atoms with Gasteiger partial charge in [0.1, 0.15) is 5.69 Å². The van der Waals surface area contributed by atoms with Crippen molar-refractivity contribution in [3.8, 4) is 0 Å². The van der Waals surface area contributed by atoms with Gasteiger partial charge in [0.05, 0.1) is 22.7 Å². The predicted octanol–water partition coefficient (Wildman–Crippen LogP) is 0.418. The Balaban J connectivity index is 3.43. The van der Waals surface area contributed by atoms with Crippen molar-refractivity contribution >= 4 is 33.1 Å². The highest BCUT2D eigenvalue weighted by atomic mass is 32.2. The van der Waals surface area contributed by atoms with E-state index >= 15 is 0 Å². The largest absolute Gasteiger partial charge is 0.396 e. The molecule has 0 saturated heterocycles. The second kappa shape index (κ2) is 10.6. The number of aliphatic hydroxyl groups is 1. The number of nitrogens with zero attached hydrogens (tertiary/aromatic N) is 3. The Hall–Kier alpha value is -2.84. The second-order valence-electron chi connectivity index (χ2n) is 5.78. The van der Waals surface area contributed by atoms with E-state index in [1.807, 2.05) is 0 Å². The van der Waals surface area contributed by atoms with Crippen LogP contribution < -0.4 is 10.2 Å². The van der Waals surface area contributed by atoms with Gasteiger partial charge in [-0.2, -0.15) is 8.42 Å². The maximum absolute atomic E-state index is 12.5. The molecule has 0 atom stereocenters. The van der Waals surface area contributed by atoms with Gasteiger partial charge in [0.25, 0.3) is 21.7 Å². The molecule has 1 aromatic rings. The Kier molecular flexibility index (Phi) is 8.87. The Morgan fingerprint density at radius 2 is 1.93 bits per heavy atom. The summed E-state index contributed by atoms with van der Waals surface area (Å²) in [6.45, 7) is 1.15. The third-order valence-corrected chi connectivity index (χ3v) is 4.34. The molecule has 162 valence electrons. The zero-order chi connectivity index (χ0) is 22.2. The fourth-order valence-electron chi connectivity index (χ4n) is 2.50. The van der Waals surface area contributed by atoms with E-state index in [0.717, 1.165) is 18.4 Å². The average molecular weight is 434 g/mol. The number of benzene rings is 1. The molecule has 13 nitrogen and oxygen atoms in total. The Morgan fingerprint density at radius 3 is 2.41 bits per heavy atom. The maximum atomic E-state index is 12.5. The topological polar surface area (TPSA) is 182 Å². The fourth-order valence-corrected chi connectivity index (χ4v) is 2.88. The lowest BCUT2D eigenvalue weighted by atomic mass is 10.1. The van der Waals surface area contributed by atoms with Gasteiger partial charge in [-0.05, 0) is 19.4 Å². The van der Waals surface area contributed by atoms with Crippen LogP contribution in [0.4, 0.5) is 17.1 Å². The van der Waals surface area contributed by atoms with Crippen molar-refractivity contribution < 1.29 is 32.3 Å². The normalized spacial score (nSPS) is 11.1. The van der Waals surface area contributed by atoms with E-state index in [1.165, 1.54) is 4.90 Å². The summed E-state index contributed by atoms with van der Waals surface area (Å²) in [6, 6.07) is 2.11. The quantitative estimate of drug-likeness (QED) is 0.202. The molecular formula is C15H22N4O9S. The monoisotopic (exact) mass is 434 g/mol. The SMILES string of the molecule is CCN(CCOS(C)(=O)=O)c1ccc([N+](=O)[O-])c(C(=O)NCCCO)c1[N+](=O)[O-]. The zero-order valence-corrected chi connectivity index (χ0v) is 16.7. The van der Waals surface area contributed by atoms with Gasteiger partial charge in [0.2, 0.25) is 0 Å². The summed E-state index contributed by atoms with van der Waals surface area (Å²) in [5.74, 6) is -1.03. The zero-order valence-electron chi connectivity index (χ0n) is 15.9. The Morgan fingerprint density at radius 1 is 1.28 bits per heavy atom. The van der Waals surface area contributed by atoms with E-state index in [2.05, 4.69) is 9.50 Å². The molecule has 2 N–H and O–H groups in total. The van der Waals surface area contributed by atoms with Gasteiger partial charge in [-0.3, -0.25) is 29.2 Å². The van der Waals surface area contributed by atoms with Crippen LogP contribution >= 0.6 is 0 Å². The number of carbonyl (C=O) groups excluding carboxylic acids is 1. The lowest BCUT2D eigenvalue weighted by Crippen LogP contribution is -2.31. The molecule has 0 saturated carbocycles. The number of nitro groups is 2. The first kappa shape index (κ1) is 24.2. The fraction of sp³-hybridized carbons (Fsp3) is 0.533. The minimum atomic E-state index is -3.72. The summed E-state index contributed by atoms with van der Waals surface area (Å²) < 4.78 is 26.9. The van der Waals surface area contributed by atoms with Crippen molar-refractivity contribution in [2.45, 2.75) is 13.3 Å². The second-order valence-corrected chi connectivity index (χ2v) is 7.42. The van der Waals surface area contributed by atoms with Gasteiger partial charge in [-0.1, -0.05) is 0 Å². The lowest BCUT2D eigenvalue weighted by molar-refractivity contribution is -0.394. The van der Waals surface area contributed by atoms with Crippen molar-refractivity contribution in [2.75, 3.05) is 44.0 Å². The number of aliphatic hydroxyl groups excluding tert-OH is 1. The summed E-state index contributed by atoms with van der Waals surface area (Å²) in [7, 11) is -3.72. The molecule has 0 bridgehead atoms. The molecule has 0 unspecified atom stereocenters. The molecule has 0 aliphatic rings. The first-order valence-electron chi connectivity index (χ1n) is 8.47. The van der Waals surface area contributed by atoms with E-state index in [-0.39, 0.29) is 45.0 Å². The van der Waals surface area contributed by atoms with E-state index < -0.39 is 42.8 Å². The number of likely N-dealkylation sites (N-methyl/N-ethyl adjacent to an activating group) is 1. The molecule has 0 aliphatic heterocycles. The molecule has 0 radical (unpaired) electrons. The van der Waals surface area contributed by atoms with Gasteiger partial charge >= 0.3 is 5.69 Å². The van der Waals surface area contributed by atoms with Crippen molar-refractivity contribution in [3.63, 3.8) is 0 Å². The molecule has 1 rings (SSSR count). The molecule has 0 fully saturated rings. The van der Waals surface area contributed by atoms with Gasteiger partial charge in [-0.25, -0.2) is 0 Å². The van der Waals surface area contributed by atoms with E-state index in [0.29, 0.717) is 0 Å². The van der Waals surface area contributed by atoms with Crippen LogP contribution in [0, 0.1) is 20.2 Å². The van der Waals surface area contributed by atoms with Crippen molar-refractivity contribution in [3.05, 3.63) is 37.9 Å².